The van der Waals surface area contributed by atoms with Crippen LogP contribution in [0.5, 0.6) is 5.75 Å². The van der Waals surface area contributed by atoms with E-state index in [0.717, 1.165) is 0 Å². The Hall–Kier alpha value is -1.75. The lowest BCUT2D eigenvalue weighted by Gasteiger charge is -2.26. The van der Waals surface area contributed by atoms with Crippen LogP contribution < -0.4 is 5.73 Å². The molecule has 0 heterocycles. The van der Waals surface area contributed by atoms with Gasteiger partial charge in [0.2, 0.25) is 0 Å². The van der Waals surface area contributed by atoms with E-state index in [2.05, 4.69) is 0 Å². The molecule has 0 radical (unpaired) electrons. The number of phenols is 1. The molecule has 0 spiro atoms. The molecule has 1 aromatic carbocycles. The fourth-order valence-electron chi connectivity index (χ4n) is 1.54. The SMILES string of the molecule is CC(C)N(CCO)C(=O)c1ccc(N)c(O)c1. The number of nitrogen functional groups attached to an aromatic ring is 1. The quantitative estimate of drug-likeness (QED) is 0.535. The van der Waals surface area contributed by atoms with Crippen molar-refractivity contribution in [3.8, 4) is 5.75 Å². The van der Waals surface area contributed by atoms with E-state index in [1.54, 1.807) is 6.07 Å². The van der Waals surface area contributed by atoms with Crippen molar-refractivity contribution in [3.63, 3.8) is 0 Å². The lowest BCUT2D eigenvalue weighted by atomic mass is 10.1. The maximum Gasteiger partial charge on any atom is 0.254 e. The Labute approximate surface area is 100 Å². The van der Waals surface area contributed by atoms with Crippen LogP contribution in [0.4, 0.5) is 5.69 Å². The first-order chi connectivity index (χ1) is 7.97. The maximum absolute atomic E-state index is 12.1. The van der Waals surface area contributed by atoms with Crippen molar-refractivity contribution >= 4 is 11.6 Å². The summed E-state index contributed by atoms with van der Waals surface area (Å²) in [6, 6.07) is 4.36. The number of aliphatic hydroxyl groups is 1. The number of phenolic OH excluding ortho intramolecular Hbond substituents is 1. The summed E-state index contributed by atoms with van der Waals surface area (Å²) in [5.74, 6) is -0.340. The van der Waals surface area contributed by atoms with Crippen molar-refractivity contribution in [2.45, 2.75) is 19.9 Å². The molecule has 17 heavy (non-hydrogen) atoms. The molecule has 0 saturated heterocycles. The van der Waals surface area contributed by atoms with E-state index < -0.39 is 0 Å². The summed E-state index contributed by atoms with van der Waals surface area (Å²) >= 11 is 0. The highest BCUT2D eigenvalue weighted by Gasteiger charge is 2.18. The largest absolute Gasteiger partial charge is 0.506 e. The average Bonchev–Trinajstić information content (AvgIpc) is 2.28. The molecule has 94 valence electrons. The van der Waals surface area contributed by atoms with Crippen molar-refractivity contribution in [2.24, 2.45) is 0 Å². The monoisotopic (exact) mass is 238 g/mol. The summed E-state index contributed by atoms with van der Waals surface area (Å²) in [5, 5.41) is 18.4. The fourth-order valence-corrected chi connectivity index (χ4v) is 1.54. The van der Waals surface area contributed by atoms with Gasteiger partial charge >= 0.3 is 0 Å². The van der Waals surface area contributed by atoms with Gasteiger partial charge in [-0.1, -0.05) is 0 Å². The number of anilines is 1. The van der Waals surface area contributed by atoms with Crippen LogP contribution in [0.15, 0.2) is 18.2 Å². The highest BCUT2D eigenvalue weighted by Crippen LogP contribution is 2.21. The number of rotatable bonds is 4. The Balaban J connectivity index is 2.97. The third-order valence-corrected chi connectivity index (χ3v) is 2.50. The predicted octanol–water partition coefficient (Wildman–Crippen LogP) is 0.817. The van der Waals surface area contributed by atoms with Gasteiger partial charge in [0.15, 0.2) is 0 Å². The number of carbonyl (C=O) groups excluding carboxylic acids is 1. The average molecular weight is 238 g/mol. The molecule has 0 saturated carbocycles. The van der Waals surface area contributed by atoms with Gasteiger partial charge < -0.3 is 20.8 Å². The van der Waals surface area contributed by atoms with Gasteiger partial charge in [-0.05, 0) is 32.0 Å². The first kappa shape index (κ1) is 13.3. The molecule has 0 bridgehead atoms. The molecule has 0 unspecified atom stereocenters. The van der Waals surface area contributed by atoms with Gasteiger partial charge in [-0.3, -0.25) is 4.79 Å². The smallest absolute Gasteiger partial charge is 0.254 e. The Kier molecular flexibility index (Phi) is 4.34. The molecule has 5 heteroatoms. The van der Waals surface area contributed by atoms with Crippen LogP contribution in [0.3, 0.4) is 0 Å². The molecule has 0 aliphatic rings. The molecule has 0 fully saturated rings. The summed E-state index contributed by atoms with van der Waals surface area (Å²) in [7, 11) is 0. The minimum Gasteiger partial charge on any atom is -0.506 e. The second-order valence-corrected chi connectivity index (χ2v) is 4.09. The summed E-state index contributed by atoms with van der Waals surface area (Å²) in [6.45, 7) is 3.90. The number of hydrogen-bond donors (Lipinski definition) is 3. The number of aromatic hydroxyl groups is 1. The van der Waals surface area contributed by atoms with E-state index in [-0.39, 0.29) is 36.5 Å². The normalized spacial score (nSPS) is 10.6. The zero-order chi connectivity index (χ0) is 13.0. The van der Waals surface area contributed by atoms with Gasteiger partial charge in [-0.2, -0.15) is 0 Å². The Bertz CT molecular complexity index is 405. The van der Waals surface area contributed by atoms with Crippen LogP contribution in [0.1, 0.15) is 24.2 Å². The predicted molar refractivity (Wildman–Crippen MR) is 65.8 cm³/mol. The molecule has 0 aliphatic carbocycles. The summed E-state index contributed by atoms with van der Waals surface area (Å²) in [6.07, 6.45) is 0. The minimum atomic E-state index is -0.232. The number of carbonyl (C=O) groups is 1. The van der Waals surface area contributed by atoms with E-state index >= 15 is 0 Å². The van der Waals surface area contributed by atoms with E-state index in [1.165, 1.54) is 17.0 Å². The fraction of sp³-hybridized carbons (Fsp3) is 0.417. The van der Waals surface area contributed by atoms with Crippen molar-refractivity contribution in [1.82, 2.24) is 4.90 Å². The van der Waals surface area contributed by atoms with Crippen LogP contribution in [-0.4, -0.2) is 40.2 Å². The molecule has 5 nitrogen and oxygen atoms in total. The topological polar surface area (TPSA) is 86.8 Å². The maximum atomic E-state index is 12.1. The molecule has 1 rings (SSSR count). The number of nitrogens with two attached hydrogens (primary N) is 1. The van der Waals surface area contributed by atoms with Crippen LogP contribution in [0.25, 0.3) is 0 Å². The molecule has 1 aromatic rings. The van der Waals surface area contributed by atoms with Crippen molar-refractivity contribution in [2.75, 3.05) is 18.9 Å². The van der Waals surface area contributed by atoms with E-state index in [9.17, 15) is 9.90 Å². The molecule has 0 atom stereocenters. The lowest BCUT2D eigenvalue weighted by Crippen LogP contribution is -2.38. The van der Waals surface area contributed by atoms with E-state index in [4.69, 9.17) is 10.8 Å². The van der Waals surface area contributed by atoms with Crippen LogP contribution >= 0.6 is 0 Å². The van der Waals surface area contributed by atoms with E-state index in [1.807, 2.05) is 13.8 Å². The van der Waals surface area contributed by atoms with Crippen LogP contribution in [0, 0.1) is 0 Å². The van der Waals surface area contributed by atoms with E-state index in [0.29, 0.717) is 5.56 Å². The minimum absolute atomic E-state index is 0.0191. The second-order valence-electron chi connectivity index (χ2n) is 4.09. The van der Waals surface area contributed by atoms with Gasteiger partial charge in [0, 0.05) is 18.2 Å². The van der Waals surface area contributed by atoms with Crippen molar-refractivity contribution in [3.05, 3.63) is 23.8 Å². The zero-order valence-electron chi connectivity index (χ0n) is 10.1. The summed E-state index contributed by atoms with van der Waals surface area (Å²) in [5.41, 5.74) is 6.06. The number of hydrogen-bond acceptors (Lipinski definition) is 4. The molecule has 4 N–H and O–H groups in total. The van der Waals surface area contributed by atoms with Crippen molar-refractivity contribution in [1.29, 1.82) is 0 Å². The van der Waals surface area contributed by atoms with Gasteiger partial charge in [-0.25, -0.2) is 0 Å². The standard InChI is InChI=1S/C12H18N2O3/c1-8(2)14(5-6-15)12(17)9-3-4-10(13)11(16)7-9/h3-4,7-8,15-16H,5-6,13H2,1-2H3. The van der Waals surface area contributed by atoms with Crippen LogP contribution in [0.2, 0.25) is 0 Å². The number of nitrogens with zero attached hydrogens (tertiary/aromatic N) is 1. The third kappa shape index (κ3) is 3.10. The molecule has 0 aromatic heterocycles. The van der Waals surface area contributed by atoms with Gasteiger partial charge in [0.25, 0.3) is 5.91 Å². The molecular formula is C12H18N2O3. The lowest BCUT2D eigenvalue weighted by molar-refractivity contribution is 0.0665. The summed E-state index contributed by atoms with van der Waals surface area (Å²) < 4.78 is 0. The second kappa shape index (κ2) is 5.54. The number of aliphatic hydroxyl groups excluding tert-OH is 1. The molecule has 1 amide bonds. The zero-order valence-corrected chi connectivity index (χ0v) is 10.1. The summed E-state index contributed by atoms with van der Waals surface area (Å²) in [4.78, 5) is 13.6. The van der Waals surface area contributed by atoms with Crippen LogP contribution in [-0.2, 0) is 0 Å². The Morgan fingerprint density at radius 3 is 2.59 bits per heavy atom. The Morgan fingerprint density at radius 1 is 1.47 bits per heavy atom. The number of benzene rings is 1. The van der Waals surface area contributed by atoms with Crippen molar-refractivity contribution < 1.29 is 15.0 Å². The molecule has 0 aliphatic heterocycles. The Morgan fingerprint density at radius 2 is 2.12 bits per heavy atom. The molecular weight excluding hydrogens is 220 g/mol. The highest BCUT2D eigenvalue weighted by molar-refractivity contribution is 5.95. The van der Waals surface area contributed by atoms with Gasteiger partial charge in [-0.15, -0.1) is 0 Å². The van der Waals surface area contributed by atoms with Gasteiger partial charge in [0.1, 0.15) is 5.75 Å². The highest BCUT2D eigenvalue weighted by atomic mass is 16.3. The number of amides is 1. The van der Waals surface area contributed by atoms with Gasteiger partial charge in [0.05, 0.1) is 12.3 Å². The first-order valence-electron chi connectivity index (χ1n) is 5.47. The third-order valence-electron chi connectivity index (χ3n) is 2.50. The first-order valence-corrected chi connectivity index (χ1v) is 5.47.